The molecule has 0 radical (unpaired) electrons. The lowest BCUT2D eigenvalue weighted by atomic mass is 9.94. The zero-order valence-electron chi connectivity index (χ0n) is 19.9. The van der Waals surface area contributed by atoms with Crippen LogP contribution in [0.25, 0.3) is 27.6 Å². The molecule has 1 fully saturated rings. The Kier molecular flexibility index (Phi) is 6.90. The molecule has 0 aliphatic carbocycles. The minimum absolute atomic E-state index is 0.459. The van der Waals surface area contributed by atoms with Crippen molar-refractivity contribution in [2.24, 2.45) is 0 Å². The molecule has 1 aliphatic rings. The first-order valence-corrected chi connectivity index (χ1v) is 11.8. The second-order valence-electron chi connectivity index (χ2n) is 8.65. The van der Waals surface area contributed by atoms with E-state index in [4.69, 9.17) is 14.2 Å². The first-order valence-electron chi connectivity index (χ1n) is 11.8. The lowest BCUT2D eigenvalue weighted by molar-refractivity contribution is 0.0317. The van der Waals surface area contributed by atoms with E-state index < -0.39 is 0 Å². The largest absolute Gasteiger partial charge is 0.476 e. The van der Waals surface area contributed by atoms with Crippen LogP contribution >= 0.6 is 0 Å². The minimum atomic E-state index is 0.459. The number of fused-ring (bicyclic) bond motifs is 1. The molecule has 176 valence electrons. The van der Waals surface area contributed by atoms with E-state index in [1.165, 1.54) is 27.5 Å². The molecule has 6 nitrogen and oxygen atoms in total. The lowest BCUT2D eigenvalue weighted by Crippen LogP contribution is -2.38. The fourth-order valence-electron chi connectivity index (χ4n) is 4.59. The summed E-state index contributed by atoms with van der Waals surface area (Å²) in [7, 11) is 1.69. The summed E-state index contributed by atoms with van der Waals surface area (Å²) in [6, 6.07) is 21.5. The van der Waals surface area contributed by atoms with Crippen LogP contribution in [0.1, 0.15) is 11.1 Å². The zero-order valence-corrected chi connectivity index (χ0v) is 19.9. The molecule has 2 heterocycles. The van der Waals surface area contributed by atoms with E-state index in [-0.39, 0.29) is 0 Å². The van der Waals surface area contributed by atoms with Crippen molar-refractivity contribution in [1.29, 1.82) is 0 Å². The van der Waals surface area contributed by atoms with Crippen molar-refractivity contribution < 1.29 is 14.2 Å². The highest BCUT2D eigenvalue weighted by Crippen LogP contribution is 2.33. The van der Waals surface area contributed by atoms with Crippen LogP contribution in [0.15, 0.2) is 66.9 Å². The standard InChI is InChI=1S/C28H31N3O3/c1-21-7-8-22-5-3-4-6-26(22)27(21)23-9-11-25(12-10-23)31-28(24(19-29-31)20-32-2)34-18-15-30-13-16-33-17-14-30/h3-12,19H,13-18,20H2,1-2H3. The van der Waals surface area contributed by atoms with Gasteiger partial charge in [0.15, 0.2) is 0 Å². The van der Waals surface area contributed by atoms with Gasteiger partial charge in [0.05, 0.1) is 37.3 Å². The second kappa shape index (κ2) is 10.4. The number of benzene rings is 3. The summed E-state index contributed by atoms with van der Waals surface area (Å²) >= 11 is 0. The van der Waals surface area contributed by atoms with E-state index in [0.717, 1.165) is 50.0 Å². The predicted octanol–water partition coefficient (Wildman–Crippen LogP) is 4.86. The molecular weight excluding hydrogens is 426 g/mol. The average molecular weight is 458 g/mol. The molecule has 4 aromatic rings. The van der Waals surface area contributed by atoms with Gasteiger partial charge in [-0.15, -0.1) is 0 Å². The van der Waals surface area contributed by atoms with Gasteiger partial charge in [-0.25, -0.2) is 4.68 Å². The number of nitrogens with zero attached hydrogens (tertiary/aromatic N) is 3. The van der Waals surface area contributed by atoms with Crippen molar-refractivity contribution in [3.05, 3.63) is 78.0 Å². The van der Waals surface area contributed by atoms with E-state index in [1.807, 2.05) is 10.9 Å². The van der Waals surface area contributed by atoms with E-state index in [2.05, 4.69) is 77.6 Å². The highest BCUT2D eigenvalue weighted by atomic mass is 16.5. The van der Waals surface area contributed by atoms with Crippen molar-refractivity contribution in [1.82, 2.24) is 14.7 Å². The Hall–Kier alpha value is -3.19. The van der Waals surface area contributed by atoms with Crippen LogP contribution in [-0.4, -0.2) is 61.2 Å². The maximum atomic E-state index is 6.25. The van der Waals surface area contributed by atoms with E-state index in [1.54, 1.807) is 7.11 Å². The fraction of sp³-hybridized carbons (Fsp3) is 0.321. The van der Waals surface area contributed by atoms with Gasteiger partial charge in [0.1, 0.15) is 6.61 Å². The molecule has 1 aliphatic heterocycles. The molecule has 0 N–H and O–H groups in total. The van der Waals surface area contributed by atoms with Gasteiger partial charge in [0.2, 0.25) is 5.88 Å². The Morgan fingerprint density at radius 3 is 2.56 bits per heavy atom. The molecule has 0 atom stereocenters. The Morgan fingerprint density at radius 1 is 0.971 bits per heavy atom. The summed E-state index contributed by atoms with van der Waals surface area (Å²) < 4.78 is 18.9. The van der Waals surface area contributed by atoms with E-state index in [9.17, 15) is 0 Å². The highest BCUT2D eigenvalue weighted by molar-refractivity contribution is 5.98. The van der Waals surface area contributed by atoms with Crippen molar-refractivity contribution >= 4 is 10.8 Å². The first kappa shape index (κ1) is 22.6. The van der Waals surface area contributed by atoms with Crippen molar-refractivity contribution in [3.8, 4) is 22.7 Å². The molecule has 0 bridgehead atoms. The molecule has 0 amide bonds. The average Bonchev–Trinajstić information content (AvgIpc) is 3.27. The molecule has 1 aromatic heterocycles. The third kappa shape index (κ3) is 4.71. The number of ether oxygens (including phenoxy) is 3. The molecule has 6 heteroatoms. The zero-order chi connectivity index (χ0) is 23.3. The Labute approximate surface area is 200 Å². The summed E-state index contributed by atoms with van der Waals surface area (Å²) in [6.45, 7) is 7.55. The predicted molar refractivity (Wildman–Crippen MR) is 135 cm³/mol. The highest BCUT2D eigenvalue weighted by Gasteiger charge is 2.16. The van der Waals surface area contributed by atoms with Crippen LogP contribution in [-0.2, 0) is 16.1 Å². The van der Waals surface area contributed by atoms with Crippen LogP contribution in [0.3, 0.4) is 0 Å². The number of hydrogen-bond acceptors (Lipinski definition) is 5. The van der Waals surface area contributed by atoms with Crippen LogP contribution in [0.2, 0.25) is 0 Å². The number of rotatable bonds is 8. The topological polar surface area (TPSA) is 48.8 Å². The van der Waals surface area contributed by atoms with Crippen LogP contribution in [0, 0.1) is 6.92 Å². The summed E-state index contributed by atoms with van der Waals surface area (Å²) in [5, 5.41) is 7.14. The summed E-state index contributed by atoms with van der Waals surface area (Å²) in [6.07, 6.45) is 1.83. The van der Waals surface area contributed by atoms with Gasteiger partial charge in [-0.3, -0.25) is 4.90 Å². The van der Waals surface area contributed by atoms with E-state index in [0.29, 0.717) is 13.2 Å². The molecule has 1 saturated heterocycles. The van der Waals surface area contributed by atoms with Crippen LogP contribution in [0.4, 0.5) is 0 Å². The quantitative estimate of drug-likeness (QED) is 0.378. The van der Waals surface area contributed by atoms with Crippen molar-refractivity contribution in [2.45, 2.75) is 13.5 Å². The molecule has 34 heavy (non-hydrogen) atoms. The Bertz CT molecular complexity index is 1240. The Balaban J connectivity index is 1.40. The molecule has 5 rings (SSSR count). The minimum Gasteiger partial charge on any atom is -0.476 e. The van der Waals surface area contributed by atoms with Crippen LogP contribution in [0.5, 0.6) is 5.88 Å². The SMILES string of the molecule is COCc1cnn(-c2ccc(-c3c(C)ccc4ccccc34)cc2)c1OCCN1CCOCC1. The number of hydrogen-bond donors (Lipinski definition) is 0. The van der Waals surface area contributed by atoms with Crippen molar-refractivity contribution in [3.63, 3.8) is 0 Å². The summed E-state index contributed by atoms with van der Waals surface area (Å²) in [5.74, 6) is 0.740. The van der Waals surface area contributed by atoms with Gasteiger partial charge in [0, 0.05) is 26.7 Å². The third-order valence-electron chi connectivity index (χ3n) is 6.38. The molecule has 0 spiro atoms. The normalized spacial score (nSPS) is 14.5. The molecule has 3 aromatic carbocycles. The van der Waals surface area contributed by atoms with Gasteiger partial charge in [-0.05, 0) is 46.5 Å². The second-order valence-corrected chi connectivity index (χ2v) is 8.65. The maximum absolute atomic E-state index is 6.25. The van der Waals surface area contributed by atoms with Gasteiger partial charge < -0.3 is 14.2 Å². The van der Waals surface area contributed by atoms with Gasteiger partial charge in [-0.2, -0.15) is 5.10 Å². The summed E-state index contributed by atoms with van der Waals surface area (Å²) in [4.78, 5) is 2.36. The fourth-order valence-corrected chi connectivity index (χ4v) is 4.59. The Morgan fingerprint density at radius 2 is 1.76 bits per heavy atom. The monoisotopic (exact) mass is 457 g/mol. The van der Waals surface area contributed by atoms with E-state index >= 15 is 0 Å². The molecule has 0 unspecified atom stereocenters. The number of morpholine rings is 1. The first-order chi connectivity index (χ1) is 16.7. The van der Waals surface area contributed by atoms with Gasteiger partial charge >= 0.3 is 0 Å². The summed E-state index contributed by atoms with van der Waals surface area (Å²) in [5.41, 5.74) is 5.63. The smallest absolute Gasteiger partial charge is 0.222 e. The van der Waals surface area contributed by atoms with Gasteiger partial charge in [0.25, 0.3) is 0 Å². The third-order valence-corrected chi connectivity index (χ3v) is 6.38. The maximum Gasteiger partial charge on any atom is 0.222 e. The lowest BCUT2D eigenvalue weighted by Gasteiger charge is -2.26. The number of methoxy groups -OCH3 is 1. The van der Waals surface area contributed by atoms with Crippen LogP contribution < -0.4 is 4.74 Å². The molecule has 0 saturated carbocycles. The van der Waals surface area contributed by atoms with Gasteiger partial charge in [-0.1, -0.05) is 48.5 Å². The van der Waals surface area contributed by atoms with Crippen molar-refractivity contribution in [2.75, 3.05) is 46.6 Å². The number of aryl methyl sites for hydroxylation is 1. The molecular formula is C28H31N3O3. The number of aromatic nitrogens is 2.